The van der Waals surface area contributed by atoms with Gasteiger partial charge in [0.2, 0.25) is 0 Å². The Labute approximate surface area is 49.3 Å². The lowest BCUT2D eigenvalue weighted by atomic mass is 10.1. The highest BCUT2D eigenvalue weighted by Crippen LogP contribution is 2.06. The predicted octanol–water partition coefficient (Wildman–Crippen LogP) is 1.68. The Morgan fingerprint density at radius 1 is 1.57 bits per heavy atom. The Kier molecular flexibility index (Phi) is 3.39. The summed E-state index contributed by atoms with van der Waals surface area (Å²) < 4.78 is 0. The first-order valence-corrected chi connectivity index (χ1v) is 2.84. The number of halogens is 1. The summed E-state index contributed by atoms with van der Waals surface area (Å²) in [5.74, 6) is 0.113. The van der Waals surface area contributed by atoms with E-state index in [9.17, 15) is 5.11 Å². The maximum atomic E-state index is 9.99. The number of alkyl halides is 1. The van der Waals surface area contributed by atoms with E-state index in [4.69, 9.17) is 11.6 Å². The average Bonchev–Trinajstić information content (AvgIpc) is 1.65. The smallest absolute Gasteiger partial charge is 0.0861 e. The van der Waals surface area contributed by atoms with Crippen molar-refractivity contribution in [1.29, 1.82) is 0 Å². The van der Waals surface area contributed by atoms with Gasteiger partial charge in [0.05, 0.1) is 6.61 Å². The molecule has 1 nitrogen and oxygen atoms in total. The van der Waals surface area contributed by atoms with E-state index in [-0.39, 0.29) is 17.9 Å². The molecule has 0 aromatic heterocycles. The van der Waals surface area contributed by atoms with Crippen molar-refractivity contribution in [1.82, 2.24) is 0 Å². The molecule has 7 heavy (non-hydrogen) atoms. The fourth-order valence-corrected chi connectivity index (χ4v) is 0.205. The minimum absolute atomic E-state index is 0.0255. The molecule has 1 radical (unpaired) electrons. The van der Waals surface area contributed by atoms with Gasteiger partial charge in [-0.15, -0.1) is 11.6 Å². The van der Waals surface area contributed by atoms with Gasteiger partial charge in [0, 0.05) is 5.38 Å². The molecule has 2 unspecified atom stereocenters. The molecule has 0 N–H and O–H groups in total. The van der Waals surface area contributed by atoms with Crippen molar-refractivity contribution < 1.29 is 5.11 Å². The van der Waals surface area contributed by atoms with Gasteiger partial charge >= 0.3 is 0 Å². The van der Waals surface area contributed by atoms with Crippen molar-refractivity contribution in [2.45, 2.75) is 19.2 Å². The van der Waals surface area contributed by atoms with E-state index in [0.29, 0.717) is 0 Å². The second-order valence-electron chi connectivity index (χ2n) is 1.82. The molecule has 0 spiro atoms. The van der Waals surface area contributed by atoms with Crippen LogP contribution in [0.15, 0.2) is 0 Å². The summed E-state index contributed by atoms with van der Waals surface area (Å²) in [7, 11) is 0. The van der Waals surface area contributed by atoms with Crippen LogP contribution >= 0.6 is 11.6 Å². The molecule has 0 aliphatic carbocycles. The molecular formula is C5H10ClO. The van der Waals surface area contributed by atoms with E-state index in [2.05, 4.69) is 0 Å². The van der Waals surface area contributed by atoms with E-state index in [0.717, 1.165) is 0 Å². The van der Waals surface area contributed by atoms with Gasteiger partial charge in [-0.3, -0.25) is 0 Å². The number of hydrogen-bond acceptors (Lipinski definition) is 0. The van der Waals surface area contributed by atoms with Crippen LogP contribution in [-0.2, 0) is 5.11 Å². The molecule has 0 heterocycles. The number of rotatable bonds is 2. The lowest BCUT2D eigenvalue weighted by molar-refractivity contribution is 0.150. The second kappa shape index (κ2) is 3.28. The van der Waals surface area contributed by atoms with Gasteiger partial charge in [0.1, 0.15) is 0 Å². The largest absolute Gasteiger partial charge is 0.236 e. The summed E-state index contributed by atoms with van der Waals surface area (Å²) in [6.45, 7) is 3.62. The predicted molar refractivity (Wildman–Crippen MR) is 30.0 cm³/mol. The van der Waals surface area contributed by atoms with Crippen LogP contribution in [0.4, 0.5) is 0 Å². The standard InChI is InChI=1S/C5H10ClO/c1-4(3-7)5(2)6/h4-5H,3H2,1-2H3. The van der Waals surface area contributed by atoms with Crippen molar-refractivity contribution in [3.05, 3.63) is 0 Å². The first-order valence-electron chi connectivity index (χ1n) is 2.40. The highest BCUT2D eigenvalue weighted by atomic mass is 35.5. The maximum Gasteiger partial charge on any atom is 0.0861 e. The summed E-state index contributed by atoms with van der Waals surface area (Å²) in [5.41, 5.74) is 0. The summed E-state index contributed by atoms with van der Waals surface area (Å²) in [6.07, 6.45) is 0. The molecule has 0 rings (SSSR count). The van der Waals surface area contributed by atoms with E-state index < -0.39 is 0 Å². The van der Waals surface area contributed by atoms with E-state index >= 15 is 0 Å². The number of hydrogen-bond donors (Lipinski definition) is 0. The highest BCUT2D eigenvalue weighted by molar-refractivity contribution is 6.20. The van der Waals surface area contributed by atoms with Crippen molar-refractivity contribution in [2.24, 2.45) is 5.92 Å². The SMILES string of the molecule is CC(Cl)C(C)C[O]. The van der Waals surface area contributed by atoms with Crippen LogP contribution in [0, 0.1) is 5.92 Å². The van der Waals surface area contributed by atoms with E-state index in [1.165, 1.54) is 0 Å². The molecule has 0 saturated heterocycles. The molecule has 0 bridgehead atoms. The lowest BCUT2D eigenvalue weighted by Gasteiger charge is -2.06. The van der Waals surface area contributed by atoms with Gasteiger partial charge in [-0.1, -0.05) is 6.92 Å². The summed E-state index contributed by atoms with van der Waals surface area (Å²) in [4.78, 5) is 0. The first kappa shape index (κ1) is 7.25. The van der Waals surface area contributed by atoms with Crippen LogP contribution in [0.3, 0.4) is 0 Å². The molecule has 2 heteroatoms. The van der Waals surface area contributed by atoms with E-state index in [1.54, 1.807) is 0 Å². The zero-order valence-electron chi connectivity index (χ0n) is 4.65. The Morgan fingerprint density at radius 3 is 2.00 bits per heavy atom. The van der Waals surface area contributed by atoms with Crippen LogP contribution in [0.1, 0.15) is 13.8 Å². The molecule has 43 valence electrons. The second-order valence-corrected chi connectivity index (χ2v) is 2.51. The maximum absolute atomic E-state index is 9.99. The average molecular weight is 122 g/mol. The van der Waals surface area contributed by atoms with Crippen molar-refractivity contribution in [2.75, 3.05) is 6.61 Å². The molecular weight excluding hydrogens is 112 g/mol. The van der Waals surface area contributed by atoms with Crippen LogP contribution in [0.2, 0.25) is 0 Å². The summed E-state index contributed by atoms with van der Waals surface area (Å²) in [6, 6.07) is 0. The molecule has 0 saturated carbocycles. The molecule has 2 atom stereocenters. The fourth-order valence-electron chi connectivity index (χ4n) is 0.133. The topological polar surface area (TPSA) is 19.9 Å². The Morgan fingerprint density at radius 2 is 2.00 bits per heavy atom. The minimum atomic E-state index is -0.0648. The Bertz CT molecular complexity index is 45.3. The quantitative estimate of drug-likeness (QED) is 0.496. The van der Waals surface area contributed by atoms with Gasteiger partial charge < -0.3 is 0 Å². The van der Waals surface area contributed by atoms with Gasteiger partial charge in [-0.05, 0) is 12.8 Å². The van der Waals surface area contributed by atoms with Crippen LogP contribution in [-0.4, -0.2) is 12.0 Å². The van der Waals surface area contributed by atoms with Gasteiger partial charge in [-0.25, -0.2) is 5.11 Å². The molecule has 0 aliphatic heterocycles. The Balaban J connectivity index is 3.14. The Hall–Kier alpha value is 0.250. The fraction of sp³-hybridized carbons (Fsp3) is 1.00. The van der Waals surface area contributed by atoms with Gasteiger partial charge in [-0.2, -0.15) is 0 Å². The molecule has 0 aliphatic rings. The molecule has 0 amide bonds. The van der Waals surface area contributed by atoms with Crippen molar-refractivity contribution in [3.63, 3.8) is 0 Å². The molecule has 0 aromatic rings. The zero-order chi connectivity index (χ0) is 5.86. The minimum Gasteiger partial charge on any atom is -0.236 e. The highest BCUT2D eigenvalue weighted by Gasteiger charge is 2.05. The van der Waals surface area contributed by atoms with Crippen LogP contribution < -0.4 is 0 Å². The summed E-state index contributed by atoms with van der Waals surface area (Å²) in [5, 5.41) is 10.0. The zero-order valence-corrected chi connectivity index (χ0v) is 5.40. The van der Waals surface area contributed by atoms with Crippen molar-refractivity contribution in [3.8, 4) is 0 Å². The monoisotopic (exact) mass is 121 g/mol. The summed E-state index contributed by atoms with van der Waals surface area (Å²) >= 11 is 5.53. The normalized spacial score (nSPS) is 18.9. The molecule has 0 aromatic carbocycles. The third-order valence-corrected chi connectivity index (χ3v) is 1.48. The van der Waals surface area contributed by atoms with Gasteiger partial charge in [0.25, 0.3) is 0 Å². The van der Waals surface area contributed by atoms with Gasteiger partial charge in [0.15, 0.2) is 0 Å². The van der Waals surface area contributed by atoms with E-state index in [1.807, 2.05) is 13.8 Å². The third kappa shape index (κ3) is 2.89. The lowest BCUT2D eigenvalue weighted by Crippen LogP contribution is -2.09. The molecule has 0 fully saturated rings. The van der Waals surface area contributed by atoms with Crippen molar-refractivity contribution >= 4 is 11.6 Å². The van der Waals surface area contributed by atoms with Crippen LogP contribution in [0.5, 0.6) is 0 Å². The first-order chi connectivity index (χ1) is 3.18. The third-order valence-electron chi connectivity index (χ3n) is 1.05. The van der Waals surface area contributed by atoms with Crippen LogP contribution in [0.25, 0.3) is 0 Å².